The number of aryl methyl sites for hydroxylation is 1. The van der Waals surface area contributed by atoms with E-state index in [1.165, 1.54) is 11.1 Å². The molecule has 1 N–H and O–H groups in total. The Bertz CT molecular complexity index is 801. The van der Waals surface area contributed by atoms with Gasteiger partial charge in [-0.3, -0.25) is 9.67 Å². The van der Waals surface area contributed by atoms with Crippen molar-refractivity contribution in [2.24, 2.45) is 12.0 Å². The van der Waals surface area contributed by atoms with Gasteiger partial charge in [0.05, 0.1) is 25.5 Å². The van der Waals surface area contributed by atoms with Gasteiger partial charge in [0, 0.05) is 52.6 Å². The first kappa shape index (κ1) is 23.9. The van der Waals surface area contributed by atoms with Gasteiger partial charge in [0.15, 0.2) is 5.96 Å². The Labute approximate surface area is 181 Å². The molecule has 0 aliphatic rings. The van der Waals surface area contributed by atoms with Crippen LogP contribution in [0.15, 0.2) is 35.5 Å². The van der Waals surface area contributed by atoms with E-state index in [4.69, 9.17) is 9.47 Å². The average molecular weight is 416 g/mol. The lowest BCUT2D eigenvalue weighted by Crippen LogP contribution is -2.38. The van der Waals surface area contributed by atoms with Gasteiger partial charge in [0.25, 0.3) is 0 Å². The number of hydrogen-bond acceptors (Lipinski definition) is 4. The Kier molecular flexibility index (Phi) is 9.83. The highest BCUT2D eigenvalue weighted by atomic mass is 16.5. The Hall–Kier alpha value is -2.38. The molecule has 1 aromatic carbocycles. The fourth-order valence-corrected chi connectivity index (χ4v) is 3.34. The molecule has 0 amide bonds. The summed E-state index contributed by atoms with van der Waals surface area (Å²) in [4.78, 5) is 6.58. The van der Waals surface area contributed by atoms with Crippen LogP contribution in [-0.4, -0.2) is 54.6 Å². The first-order valence-corrected chi connectivity index (χ1v) is 10.6. The molecule has 0 saturated heterocycles. The second-order valence-electron chi connectivity index (χ2n) is 7.69. The van der Waals surface area contributed by atoms with Crippen LogP contribution in [-0.2, 0) is 36.2 Å². The molecule has 7 heteroatoms. The molecule has 2 aromatic rings. The molecule has 0 bridgehead atoms. The molecule has 0 fully saturated rings. The zero-order valence-electron chi connectivity index (χ0n) is 19.3. The lowest BCUT2D eigenvalue weighted by atomic mass is 10.1. The van der Waals surface area contributed by atoms with Crippen molar-refractivity contribution in [3.05, 3.63) is 52.8 Å². The molecule has 0 saturated carbocycles. The van der Waals surface area contributed by atoms with Crippen molar-refractivity contribution in [3.63, 3.8) is 0 Å². The standard InChI is InChI=1S/C23H37N5O2/c1-7-29-11-12-30-17-20-10-8-9-19(13-20)14-25-23(24-4)27(5)15-21-16-28(6)26-22(21)18(2)3/h8-10,13,16,18H,7,11-12,14-15,17H2,1-6H3,(H,24,25). The molecule has 0 aliphatic heterocycles. The third kappa shape index (κ3) is 7.46. The number of aliphatic imine (C=N–C) groups is 1. The zero-order chi connectivity index (χ0) is 21.9. The molecular weight excluding hydrogens is 378 g/mol. The van der Waals surface area contributed by atoms with E-state index in [1.807, 2.05) is 25.7 Å². The molecular formula is C23H37N5O2. The Morgan fingerprint density at radius 2 is 1.97 bits per heavy atom. The zero-order valence-corrected chi connectivity index (χ0v) is 19.3. The Balaban J connectivity index is 1.90. The summed E-state index contributed by atoms with van der Waals surface area (Å²) in [6.07, 6.45) is 2.09. The second-order valence-corrected chi connectivity index (χ2v) is 7.69. The van der Waals surface area contributed by atoms with Gasteiger partial charge in [-0.15, -0.1) is 0 Å². The van der Waals surface area contributed by atoms with Crippen molar-refractivity contribution in [3.8, 4) is 0 Å². The lowest BCUT2D eigenvalue weighted by molar-refractivity contribution is 0.0453. The van der Waals surface area contributed by atoms with Crippen LogP contribution >= 0.6 is 0 Å². The van der Waals surface area contributed by atoms with Crippen molar-refractivity contribution in [2.45, 2.75) is 46.4 Å². The van der Waals surface area contributed by atoms with Crippen molar-refractivity contribution in [1.29, 1.82) is 0 Å². The van der Waals surface area contributed by atoms with E-state index >= 15 is 0 Å². The summed E-state index contributed by atoms with van der Waals surface area (Å²) in [5.41, 5.74) is 4.71. The number of aromatic nitrogens is 2. The van der Waals surface area contributed by atoms with Crippen LogP contribution in [0.3, 0.4) is 0 Å². The van der Waals surface area contributed by atoms with Gasteiger partial charge < -0.3 is 19.7 Å². The maximum absolute atomic E-state index is 5.68. The van der Waals surface area contributed by atoms with Crippen LogP contribution in [0.25, 0.3) is 0 Å². The summed E-state index contributed by atoms with van der Waals surface area (Å²) in [7, 11) is 5.83. The monoisotopic (exact) mass is 415 g/mol. The lowest BCUT2D eigenvalue weighted by Gasteiger charge is -2.22. The highest BCUT2D eigenvalue weighted by Gasteiger charge is 2.15. The van der Waals surface area contributed by atoms with Gasteiger partial charge in [-0.05, 0) is 24.0 Å². The van der Waals surface area contributed by atoms with Crippen molar-refractivity contribution in [2.75, 3.05) is 33.9 Å². The molecule has 1 heterocycles. The van der Waals surface area contributed by atoms with E-state index in [0.29, 0.717) is 32.3 Å². The van der Waals surface area contributed by atoms with Gasteiger partial charge in [-0.1, -0.05) is 38.1 Å². The molecule has 1 aromatic heterocycles. The smallest absolute Gasteiger partial charge is 0.193 e. The fraction of sp³-hybridized carbons (Fsp3) is 0.565. The largest absolute Gasteiger partial charge is 0.379 e. The van der Waals surface area contributed by atoms with Crippen LogP contribution in [0.5, 0.6) is 0 Å². The summed E-state index contributed by atoms with van der Waals surface area (Å²) in [5, 5.41) is 8.06. The highest BCUT2D eigenvalue weighted by Crippen LogP contribution is 2.18. The normalized spacial score (nSPS) is 11.9. The fourth-order valence-electron chi connectivity index (χ4n) is 3.34. The predicted octanol–water partition coefficient (Wildman–Crippen LogP) is 3.30. The quantitative estimate of drug-likeness (QED) is 0.347. The van der Waals surface area contributed by atoms with Gasteiger partial charge >= 0.3 is 0 Å². The Morgan fingerprint density at radius 3 is 2.67 bits per heavy atom. The topological polar surface area (TPSA) is 63.9 Å². The van der Waals surface area contributed by atoms with Crippen LogP contribution < -0.4 is 5.32 Å². The third-order valence-electron chi connectivity index (χ3n) is 4.75. The summed E-state index contributed by atoms with van der Waals surface area (Å²) in [5.74, 6) is 1.25. The van der Waals surface area contributed by atoms with Gasteiger partial charge in [-0.2, -0.15) is 5.10 Å². The summed E-state index contributed by atoms with van der Waals surface area (Å²) in [6.45, 7) is 10.4. The van der Waals surface area contributed by atoms with E-state index in [-0.39, 0.29) is 0 Å². The first-order valence-electron chi connectivity index (χ1n) is 10.6. The van der Waals surface area contributed by atoms with Crippen LogP contribution in [0.2, 0.25) is 0 Å². The van der Waals surface area contributed by atoms with E-state index in [9.17, 15) is 0 Å². The molecule has 166 valence electrons. The molecule has 0 unspecified atom stereocenters. The van der Waals surface area contributed by atoms with Crippen molar-refractivity contribution in [1.82, 2.24) is 20.0 Å². The number of rotatable bonds is 11. The average Bonchev–Trinajstić information content (AvgIpc) is 3.09. The summed E-state index contributed by atoms with van der Waals surface area (Å²) >= 11 is 0. The first-order chi connectivity index (χ1) is 14.4. The number of ether oxygens (including phenoxy) is 2. The molecule has 0 atom stereocenters. The number of benzene rings is 1. The van der Waals surface area contributed by atoms with Gasteiger partial charge in [0.1, 0.15) is 0 Å². The van der Waals surface area contributed by atoms with Crippen LogP contribution in [0.4, 0.5) is 0 Å². The molecule has 0 spiro atoms. The summed E-state index contributed by atoms with van der Waals surface area (Å²) in [6, 6.07) is 8.43. The highest BCUT2D eigenvalue weighted by molar-refractivity contribution is 5.79. The Morgan fingerprint density at radius 1 is 1.23 bits per heavy atom. The van der Waals surface area contributed by atoms with Crippen LogP contribution in [0.1, 0.15) is 49.1 Å². The van der Waals surface area contributed by atoms with Gasteiger partial charge in [-0.25, -0.2) is 0 Å². The number of hydrogen-bond donors (Lipinski definition) is 1. The number of nitrogens with zero attached hydrogens (tertiary/aromatic N) is 4. The molecule has 0 aliphatic carbocycles. The maximum atomic E-state index is 5.68. The van der Waals surface area contributed by atoms with E-state index in [1.54, 1.807) is 0 Å². The molecule has 7 nitrogen and oxygen atoms in total. The minimum atomic E-state index is 0.392. The third-order valence-corrected chi connectivity index (χ3v) is 4.75. The van der Waals surface area contributed by atoms with E-state index < -0.39 is 0 Å². The SMILES string of the molecule is CCOCCOCc1cccc(CNC(=NC)N(C)Cc2cn(C)nc2C(C)C)c1. The maximum Gasteiger partial charge on any atom is 0.193 e. The van der Waals surface area contributed by atoms with E-state index in [2.05, 4.69) is 71.7 Å². The number of guanidine groups is 1. The number of nitrogens with one attached hydrogen (secondary N) is 1. The minimum Gasteiger partial charge on any atom is -0.379 e. The van der Waals surface area contributed by atoms with Gasteiger partial charge in [0.2, 0.25) is 0 Å². The van der Waals surface area contributed by atoms with E-state index in [0.717, 1.165) is 30.4 Å². The summed E-state index contributed by atoms with van der Waals surface area (Å²) < 4.78 is 12.9. The van der Waals surface area contributed by atoms with Crippen LogP contribution in [0, 0.1) is 0 Å². The molecule has 0 radical (unpaired) electrons. The molecule has 2 rings (SSSR count). The predicted molar refractivity (Wildman–Crippen MR) is 122 cm³/mol. The molecule has 30 heavy (non-hydrogen) atoms. The minimum absolute atomic E-state index is 0.392. The van der Waals surface area contributed by atoms with Crippen molar-refractivity contribution < 1.29 is 9.47 Å². The van der Waals surface area contributed by atoms with Crippen molar-refractivity contribution >= 4 is 5.96 Å². The second kappa shape index (κ2) is 12.3.